The van der Waals surface area contributed by atoms with E-state index >= 15 is 0 Å². The molecule has 0 bridgehead atoms. The van der Waals surface area contributed by atoms with Crippen LogP contribution < -0.4 is 5.32 Å². The van der Waals surface area contributed by atoms with Gasteiger partial charge in [-0.3, -0.25) is 0 Å². The molecule has 3 heteroatoms. The lowest BCUT2D eigenvalue weighted by Crippen LogP contribution is -2.34. The number of hydrogen-bond donors (Lipinski definition) is 1. The number of aryl methyl sites for hydroxylation is 1. The second-order valence-corrected chi connectivity index (χ2v) is 6.89. The molecule has 0 amide bonds. The Morgan fingerprint density at radius 3 is 2.75 bits per heavy atom. The second kappa shape index (κ2) is 7.75. The zero-order valence-electron chi connectivity index (χ0n) is 12.9. The Hall–Kier alpha value is -0.930. The van der Waals surface area contributed by atoms with Crippen LogP contribution in [0.3, 0.4) is 0 Å². The standard InChI is InChI=1S/C17H26N2S/c1-4-12-18-14(13(2)3)9-7-11-17-19-15-8-5-6-10-16(15)20-17/h5-6,8,10,13-14,18H,4,7,9,11-12H2,1-3H3. The molecule has 0 saturated heterocycles. The van der Waals surface area contributed by atoms with Crippen molar-refractivity contribution in [3.63, 3.8) is 0 Å². The van der Waals surface area contributed by atoms with E-state index in [0.29, 0.717) is 12.0 Å². The van der Waals surface area contributed by atoms with E-state index in [9.17, 15) is 0 Å². The van der Waals surface area contributed by atoms with Crippen LogP contribution >= 0.6 is 11.3 Å². The highest BCUT2D eigenvalue weighted by atomic mass is 32.1. The summed E-state index contributed by atoms with van der Waals surface area (Å²) in [5, 5.41) is 4.95. The zero-order chi connectivity index (χ0) is 14.4. The predicted octanol–water partition coefficient (Wildman–Crippen LogP) is 4.64. The molecule has 1 N–H and O–H groups in total. The fourth-order valence-electron chi connectivity index (χ4n) is 2.50. The van der Waals surface area contributed by atoms with E-state index in [0.717, 1.165) is 18.5 Å². The zero-order valence-corrected chi connectivity index (χ0v) is 13.7. The fraction of sp³-hybridized carbons (Fsp3) is 0.588. The SMILES string of the molecule is CCCNC(CCCc1nc2ccccc2s1)C(C)C. The molecule has 20 heavy (non-hydrogen) atoms. The van der Waals surface area contributed by atoms with Crippen LogP contribution in [0.15, 0.2) is 24.3 Å². The molecule has 1 heterocycles. The van der Waals surface area contributed by atoms with Gasteiger partial charge in [0.25, 0.3) is 0 Å². The lowest BCUT2D eigenvalue weighted by Gasteiger charge is -2.22. The second-order valence-electron chi connectivity index (χ2n) is 5.77. The first-order valence-electron chi connectivity index (χ1n) is 7.78. The van der Waals surface area contributed by atoms with Gasteiger partial charge in [0.1, 0.15) is 0 Å². The van der Waals surface area contributed by atoms with E-state index < -0.39 is 0 Å². The molecule has 2 nitrogen and oxygen atoms in total. The highest BCUT2D eigenvalue weighted by Crippen LogP contribution is 2.23. The van der Waals surface area contributed by atoms with Crippen LogP contribution in [0.2, 0.25) is 0 Å². The molecule has 2 rings (SSSR count). The van der Waals surface area contributed by atoms with Gasteiger partial charge in [-0.05, 0) is 50.3 Å². The fourth-order valence-corrected chi connectivity index (χ4v) is 3.51. The maximum absolute atomic E-state index is 4.71. The third kappa shape index (κ3) is 4.29. The topological polar surface area (TPSA) is 24.9 Å². The van der Waals surface area contributed by atoms with Gasteiger partial charge in [0.2, 0.25) is 0 Å². The van der Waals surface area contributed by atoms with Crippen LogP contribution in [-0.2, 0) is 6.42 Å². The van der Waals surface area contributed by atoms with Crippen molar-refractivity contribution < 1.29 is 0 Å². The van der Waals surface area contributed by atoms with E-state index in [1.807, 2.05) is 11.3 Å². The quantitative estimate of drug-likeness (QED) is 0.766. The van der Waals surface area contributed by atoms with Crippen molar-refractivity contribution in [3.8, 4) is 0 Å². The van der Waals surface area contributed by atoms with Gasteiger partial charge in [-0.25, -0.2) is 4.98 Å². The first-order valence-corrected chi connectivity index (χ1v) is 8.60. The Kier molecular flexibility index (Phi) is 5.99. The summed E-state index contributed by atoms with van der Waals surface area (Å²) in [5.41, 5.74) is 1.15. The molecule has 0 aliphatic carbocycles. The Labute approximate surface area is 126 Å². The first-order chi connectivity index (χ1) is 9.70. The smallest absolute Gasteiger partial charge is 0.0938 e. The third-order valence-corrected chi connectivity index (χ3v) is 4.80. The van der Waals surface area contributed by atoms with Crippen molar-refractivity contribution in [1.29, 1.82) is 0 Å². The van der Waals surface area contributed by atoms with Crippen molar-refractivity contribution in [2.24, 2.45) is 5.92 Å². The van der Waals surface area contributed by atoms with Crippen molar-refractivity contribution in [1.82, 2.24) is 10.3 Å². The van der Waals surface area contributed by atoms with Crippen LogP contribution in [0, 0.1) is 5.92 Å². The summed E-state index contributed by atoms with van der Waals surface area (Å²) in [6.45, 7) is 7.98. The molecular formula is C17H26N2S. The normalized spacial score (nSPS) is 13.2. The maximum Gasteiger partial charge on any atom is 0.0938 e. The van der Waals surface area contributed by atoms with Crippen molar-refractivity contribution in [2.75, 3.05) is 6.54 Å². The van der Waals surface area contributed by atoms with E-state index in [1.165, 1.54) is 29.0 Å². The van der Waals surface area contributed by atoms with E-state index in [1.54, 1.807) is 0 Å². The van der Waals surface area contributed by atoms with E-state index in [2.05, 4.69) is 50.4 Å². The van der Waals surface area contributed by atoms with E-state index in [-0.39, 0.29) is 0 Å². The molecule has 0 saturated carbocycles. The number of nitrogens with zero attached hydrogens (tertiary/aromatic N) is 1. The molecule has 0 aliphatic rings. The number of rotatable bonds is 8. The van der Waals surface area contributed by atoms with Gasteiger partial charge in [-0.15, -0.1) is 11.3 Å². The number of aromatic nitrogens is 1. The van der Waals surface area contributed by atoms with Gasteiger partial charge < -0.3 is 5.32 Å². The van der Waals surface area contributed by atoms with Gasteiger partial charge in [-0.1, -0.05) is 32.9 Å². The van der Waals surface area contributed by atoms with Crippen LogP contribution in [-0.4, -0.2) is 17.6 Å². The molecule has 1 aromatic heterocycles. The van der Waals surface area contributed by atoms with Crippen LogP contribution in [0.5, 0.6) is 0 Å². The summed E-state index contributed by atoms with van der Waals surface area (Å²) in [6, 6.07) is 9.07. The number of benzene rings is 1. The number of nitrogens with one attached hydrogen (secondary N) is 1. The van der Waals surface area contributed by atoms with Crippen molar-refractivity contribution in [2.45, 2.75) is 52.5 Å². The average Bonchev–Trinajstić information content (AvgIpc) is 2.84. The minimum atomic E-state index is 0.643. The molecule has 0 fully saturated rings. The highest BCUT2D eigenvalue weighted by Gasteiger charge is 2.12. The van der Waals surface area contributed by atoms with Crippen molar-refractivity contribution in [3.05, 3.63) is 29.3 Å². The average molecular weight is 290 g/mol. The van der Waals surface area contributed by atoms with Gasteiger partial charge in [0.15, 0.2) is 0 Å². The van der Waals surface area contributed by atoms with Crippen molar-refractivity contribution >= 4 is 21.6 Å². The molecule has 0 radical (unpaired) electrons. The lowest BCUT2D eigenvalue weighted by atomic mass is 9.98. The third-order valence-electron chi connectivity index (χ3n) is 3.71. The summed E-state index contributed by atoms with van der Waals surface area (Å²) in [6.07, 6.45) is 4.78. The molecule has 0 aliphatic heterocycles. The number of fused-ring (bicyclic) bond motifs is 1. The van der Waals surface area contributed by atoms with Gasteiger partial charge >= 0.3 is 0 Å². The molecule has 1 aromatic carbocycles. The van der Waals surface area contributed by atoms with Gasteiger partial charge in [0.05, 0.1) is 15.2 Å². The van der Waals surface area contributed by atoms with Gasteiger partial charge in [0, 0.05) is 6.04 Å². The van der Waals surface area contributed by atoms with E-state index in [4.69, 9.17) is 4.98 Å². The number of thiazole rings is 1. The highest BCUT2D eigenvalue weighted by molar-refractivity contribution is 7.18. The molecule has 2 aromatic rings. The Morgan fingerprint density at radius 1 is 1.25 bits per heavy atom. The molecule has 110 valence electrons. The summed E-state index contributed by atoms with van der Waals surface area (Å²) >= 11 is 1.84. The number of hydrogen-bond acceptors (Lipinski definition) is 3. The minimum Gasteiger partial charge on any atom is -0.314 e. The minimum absolute atomic E-state index is 0.643. The van der Waals surface area contributed by atoms with Crippen LogP contribution in [0.4, 0.5) is 0 Å². The Morgan fingerprint density at radius 2 is 2.05 bits per heavy atom. The summed E-state index contributed by atoms with van der Waals surface area (Å²) in [5.74, 6) is 0.705. The summed E-state index contributed by atoms with van der Waals surface area (Å²) in [7, 11) is 0. The molecule has 0 spiro atoms. The Balaban J connectivity index is 1.84. The largest absolute Gasteiger partial charge is 0.314 e. The summed E-state index contributed by atoms with van der Waals surface area (Å²) < 4.78 is 1.31. The first kappa shape index (κ1) is 15.5. The Bertz CT molecular complexity index is 485. The lowest BCUT2D eigenvalue weighted by molar-refractivity contribution is 0.370. The number of para-hydroxylation sites is 1. The van der Waals surface area contributed by atoms with Crippen LogP contribution in [0.25, 0.3) is 10.2 Å². The summed E-state index contributed by atoms with van der Waals surface area (Å²) in [4.78, 5) is 4.71. The molecule has 1 atom stereocenters. The molecular weight excluding hydrogens is 264 g/mol. The monoisotopic (exact) mass is 290 g/mol. The van der Waals surface area contributed by atoms with Crippen LogP contribution in [0.1, 0.15) is 45.0 Å². The maximum atomic E-state index is 4.71. The predicted molar refractivity (Wildman–Crippen MR) is 89.5 cm³/mol. The van der Waals surface area contributed by atoms with Gasteiger partial charge in [-0.2, -0.15) is 0 Å². The molecule has 1 unspecified atom stereocenters.